The average molecular weight is 298 g/mol. The number of carbonyl (C=O) groups is 1. The Labute approximate surface area is 128 Å². The van der Waals surface area contributed by atoms with Gasteiger partial charge in [0.05, 0.1) is 0 Å². The van der Waals surface area contributed by atoms with Gasteiger partial charge >= 0.3 is 5.97 Å². The predicted molar refractivity (Wildman–Crippen MR) is 82.8 cm³/mol. The van der Waals surface area contributed by atoms with E-state index in [1.54, 1.807) is 12.4 Å². The lowest BCUT2D eigenvalue weighted by atomic mass is 10.00. The molecule has 2 aromatic heterocycles. The Balaban J connectivity index is 2.03. The molecule has 114 valence electrons. The van der Waals surface area contributed by atoms with E-state index < -0.39 is 5.97 Å². The van der Waals surface area contributed by atoms with Gasteiger partial charge in [0.15, 0.2) is 5.82 Å². The fourth-order valence-electron chi connectivity index (χ4n) is 2.79. The van der Waals surface area contributed by atoms with Crippen LogP contribution in [0.15, 0.2) is 30.7 Å². The van der Waals surface area contributed by atoms with Crippen LogP contribution in [-0.4, -0.2) is 39.1 Å². The van der Waals surface area contributed by atoms with Gasteiger partial charge in [0.25, 0.3) is 0 Å². The van der Waals surface area contributed by atoms with E-state index in [1.807, 2.05) is 12.1 Å². The van der Waals surface area contributed by atoms with Crippen molar-refractivity contribution < 1.29 is 9.90 Å². The van der Waals surface area contributed by atoms with Crippen LogP contribution in [-0.2, 0) is 0 Å². The number of hydrogen-bond donors (Lipinski definition) is 1. The SMILES string of the molecule is CC1CCCN(c2nc(-c3ccncc3)ncc2C(=O)O)C1. The molecule has 0 saturated carbocycles. The molecule has 6 heteroatoms. The van der Waals surface area contributed by atoms with Crippen LogP contribution in [0.3, 0.4) is 0 Å². The molecule has 0 spiro atoms. The van der Waals surface area contributed by atoms with E-state index in [1.165, 1.54) is 12.6 Å². The molecule has 1 unspecified atom stereocenters. The first-order valence-electron chi connectivity index (χ1n) is 7.41. The molecule has 1 N–H and O–H groups in total. The number of hydrogen-bond acceptors (Lipinski definition) is 5. The Morgan fingerprint density at radius 2 is 2.14 bits per heavy atom. The average Bonchev–Trinajstić information content (AvgIpc) is 2.55. The third kappa shape index (κ3) is 2.90. The molecule has 1 fully saturated rings. The highest BCUT2D eigenvalue weighted by molar-refractivity contribution is 5.93. The number of carboxylic acid groups (broad SMARTS) is 1. The fourth-order valence-corrected chi connectivity index (χ4v) is 2.79. The zero-order chi connectivity index (χ0) is 15.5. The van der Waals surface area contributed by atoms with Gasteiger partial charge < -0.3 is 10.0 Å². The van der Waals surface area contributed by atoms with Crippen molar-refractivity contribution in [2.24, 2.45) is 5.92 Å². The maximum Gasteiger partial charge on any atom is 0.341 e. The van der Waals surface area contributed by atoms with Crippen molar-refractivity contribution in [1.82, 2.24) is 15.0 Å². The van der Waals surface area contributed by atoms with Gasteiger partial charge in [-0.3, -0.25) is 4.98 Å². The predicted octanol–water partition coefficient (Wildman–Crippen LogP) is 2.47. The number of pyridine rings is 1. The van der Waals surface area contributed by atoms with Gasteiger partial charge in [-0.1, -0.05) is 6.92 Å². The summed E-state index contributed by atoms with van der Waals surface area (Å²) >= 11 is 0. The van der Waals surface area contributed by atoms with Crippen molar-refractivity contribution in [3.63, 3.8) is 0 Å². The molecule has 0 aliphatic carbocycles. The number of aromatic carboxylic acids is 1. The number of piperidine rings is 1. The second-order valence-corrected chi connectivity index (χ2v) is 5.67. The van der Waals surface area contributed by atoms with E-state index in [-0.39, 0.29) is 5.56 Å². The van der Waals surface area contributed by atoms with Gasteiger partial charge in [-0.2, -0.15) is 0 Å². The molecule has 2 aromatic rings. The Bertz CT molecular complexity index is 675. The quantitative estimate of drug-likeness (QED) is 0.937. The normalized spacial score (nSPS) is 18.2. The minimum atomic E-state index is -0.991. The Morgan fingerprint density at radius 3 is 2.82 bits per heavy atom. The third-order valence-corrected chi connectivity index (χ3v) is 3.89. The fraction of sp³-hybridized carbons (Fsp3) is 0.375. The van der Waals surface area contributed by atoms with Gasteiger partial charge in [-0.05, 0) is 30.9 Å². The summed E-state index contributed by atoms with van der Waals surface area (Å²) in [5.74, 6) is 0.589. The zero-order valence-corrected chi connectivity index (χ0v) is 12.4. The molecule has 6 nitrogen and oxygen atoms in total. The summed E-state index contributed by atoms with van der Waals surface area (Å²) in [4.78, 5) is 26.2. The summed E-state index contributed by atoms with van der Waals surface area (Å²) in [5, 5.41) is 9.41. The summed E-state index contributed by atoms with van der Waals surface area (Å²) in [5.41, 5.74) is 0.991. The van der Waals surface area contributed by atoms with Crippen molar-refractivity contribution in [1.29, 1.82) is 0 Å². The molecule has 0 aromatic carbocycles. The number of nitrogens with zero attached hydrogens (tertiary/aromatic N) is 4. The molecule has 3 heterocycles. The summed E-state index contributed by atoms with van der Waals surface area (Å²) in [7, 11) is 0. The van der Waals surface area contributed by atoms with Gasteiger partial charge in [0.1, 0.15) is 11.4 Å². The molecule has 0 amide bonds. The maximum absolute atomic E-state index is 11.5. The molecular weight excluding hydrogens is 280 g/mol. The van der Waals surface area contributed by atoms with Gasteiger partial charge in [0, 0.05) is 37.2 Å². The van der Waals surface area contributed by atoms with Crippen molar-refractivity contribution in [2.45, 2.75) is 19.8 Å². The number of anilines is 1. The third-order valence-electron chi connectivity index (χ3n) is 3.89. The minimum absolute atomic E-state index is 0.159. The number of rotatable bonds is 3. The Kier molecular flexibility index (Phi) is 4.00. The molecule has 1 aliphatic rings. The first-order valence-corrected chi connectivity index (χ1v) is 7.41. The van der Waals surface area contributed by atoms with E-state index in [2.05, 4.69) is 26.8 Å². The van der Waals surface area contributed by atoms with E-state index in [0.717, 1.165) is 25.1 Å². The Morgan fingerprint density at radius 1 is 1.36 bits per heavy atom. The lowest BCUT2D eigenvalue weighted by molar-refractivity contribution is 0.0696. The van der Waals surface area contributed by atoms with Crippen LogP contribution >= 0.6 is 0 Å². The highest BCUT2D eigenvalue weighted by Gasteiger charge is 2.23. The molecule has 0 radical (unpaired) electrons. The summed E-state index contributed by atoms with van der Waals surface area (Å²) in [6.45, 7) is 3.84. The monoisotopic (exact) mass is 298 g/mol. The largest absolute Gasteiger partial charge is 0.477 e. The van der Waals surface area contributed by atoms with Crippen LogP contribution in [0.2, 0.25) is 0 Å². The van der Waals surface area contributed by atoms with Crippen LogP contribution in [0, 0.1) is 5.92 Å². The molecule has 3 rings (SSSR count). The number of carboxylic acids is 1. The highest BCUT2D eigenvalue weighted by Crippen LogP contribution is 2.26. The van der Waals surface area contributed by atoms with Crippen LogP contribution < -0.4 is 4.90 Å². The van der Waals surface area contributed by atoms with Crippen LogP contribution in [0.5, 0.6) is 0 Å². The van der Waals surface area contributed by atoms with Crippen LogP contribution in [0.25, 0.3) is 11.4 Å². The van der Waals surface area contributed by atoms with E-state index in [9.17, 15) is 9.90 Å². The standard InChI is InChI=1S/C16H18N4O2/c1-11-3-2-8-20(10-11)15-13(16(21)22)9-18-14(19-15)12-4-6-17-7-5-12/h4-7,9,11H,2-3,8,10H2,1H3,(H,21,22). The molecule has 1 saturated heterocycles. The van der Waals surface area contributed by atoms with Crippen molar-refractivity contribution in [2.75, 3.05) is 18.0 Å². The smallest absolute Gasteiger partial charge is 0.341 e. The maximum atomic E-state index is 11.5. The van der Waals surface area contributed by atoms with Crippen molar-refractivity contribution >= 4 is 11.8 Å². The summed E-state index contributed by atoms with van der Waals surface area (Å²) in [6.07, 6.45) is 6.97. The lowest BCUT2D eigenvalue weighted by Gasteiger charge is -2.32. The zero-order valence-electron chi connectivity index (χ0n) is 12.4. The van der Waals surface area contributed by atoms with E-state index >= 15 is 0 Å². The molecule has 1 aliphatic heterocycles. The lowest BCUT2D eigenvalue weighted by Crippen LogP contribution is -2.36. The van der Waals surface area contributed by atoms with Crippen molar-refractivity contribution in [3.8, 4) is 11.4 Å². The second kappa shape index (κ2) is 6.09. The van der Waals surface area contributed by atoms with E-state index in [4.69, 9.17) is 0 Å². The molecular formula is C16H18N4O2. The first-order chi connectivity index (χ1) is 10.6. The summed E-state index contributed by atoms with van der Waals surface area (Å²) < 4.78 is 0. The van der Waals surface area contributed by atoms with Gasteiger partial charge in [-0.25, -0.2) is 14.8 Å². The van der Waals surface area contributed by atoms with Crippen molar-refractivity contribution in [3.05, 3.63) is 36.3 Å². The van der Waals surface area contributed by atoms with Gasteiger partial charge in [-0.15, -0.1) is 0 Å². The molecule has 1 atom stereocenters. The van der Waals surface area contributed by atoms with Gasteiger partial charge in [0.2, 0.25) is 0 Å². The van der Waals surface area contributed by atoms with E-state index in [0.29, 0.717) is 17.6 Å². The summed E-state index contributed by atoms with van der Waals surface area (Å²) in [6, 6.07) is 3.64. The van der Waals surface area contributed by atoms with Crippen LogP contribution in [0.4, 0.5) is 5.82 Å². The molecule has 22 heavy (non-hydrogen) atoms. The number of aromatic nitrogens is 3. The topological polar surface area (TPSA) is 79.2 Å². The highest BCUT2D eigenvalue weighted by atomic mass is 16.4. The van der Waals surface area contributed by atoms with Crippen LogP contribution in [0.1, 0.15) is 30.1 Å². The second-order valence-electron chi connectivity index (χ2n) is 5.67. The Hall–Kier alpha value is -2.50. The first kappa shape index (κ1) is 14.4. The molecule has 0 bridgehead atoms. The minimum Gasteiger partial charge on any atom is -0.477 e.